The largest absolute Gasteiger partial charge is 0.467 e. The maximum Gasteiger partial charge on any atom is 0.229 e. The van der Waals surface area contributed by atoms with E-state index in [0.29, 0.717) is 11.7 Å². The minimum absolute atomic E-state index is 0.0412. The van der Waals surface area contributed by atoms with Gasteiger partial charge in [-0.2, -0.15) is 0 Å². The Bertz CT molecular complexity index is 383. The van der Waals surface area contributed by atoms with Crippen molar-refractivity contribution in [3.8, 4) is 0 Å². The lowest BCUT2D eigenvalue weighted by Crippen LogP contribution is -2.41. The second-order valence-electron chi connectivity index (χ2n) is 4.23. The summed E-state index contributed by atoms with van der Waals surface area (Å²) in [6.45, 7) is 0.497. The van der Waals surface area contributed by atoms with Crippen LogP contribution in [0.2, 0.25) is 0 Å². The first-order valence-electron chi connectivity index (χ1n) is 5.87. The Kier molecular flexibility index (Phi) is 4.14. The molecule has 1 amide bonds. The number of thiocarbonyl (C=S) groups is 1. The van der Waals surface area contributed by atoms with Gasteiger partial charge in [0.25, 0.3) is 0 Å². The van der Waals surface area contributed by atoms with E-state index in [0.717, 1.165) is 31.4 Å². The number of rotatable bonds is 3. The zero-order valence-electron chi connectivity index (χ0n) is 9.57. The van der Waals surface area contributed by atoms with Gasteiger partial charge < -0.3 is 15.1 Å². The maximum atomic E-state index is 11.8. The molecule has 1 fully saturated rings. The first-order valence-corrected chi connectivity index (χ1v) is 6.27. The van der Waals surface area contributed by atoms with Gasteiger partial charge in [-0.3, -0.25) is 4.79 Å². The van der Waals surface area contributed by atoms with Crippen LogP contribution in [0.3, 0.4) is 0 Å². The molecule has 92 valence electrons. The molecule has 1 saturated carbocycles. The van der Waals surface area contributed by atoms with Crippen molar-refractivity contribution in [2.75, 3.05) is 0 Å². The maximum absolute atomic E-state index is 11.8. The molecule has 0 unspecified atom stereocenters. The van der Waals surface area contributed by atoms with Crippen LogP contribution in [-0.4, -0.2) is 11.0 Å². The molecule has 0 spiro atoms. The Hall–Kier alpha value is -1.36. The summed E-state index contributed by atoms with van der Waals surface area (Å²) >= 11 is 5.05. The Morgan fingerprint density at radius 1 is 1.47 bits per heavy atom. The van der Waals surface area contributed by atoms with Gasteiger partial charge in [0.15, 0.2) is 5.11 Å². The van der Waals surface area contributed by atoms with Crippen molar-refractivity contribution in [2.45, 2.75) is 32.2 Å². The van der Waals surface area contributed by atoms with Crippen LogP contribution < -0.4 is 10.6 Å². The van der Waals surface area contributed by atoms with E-state index < -0.39 is 0 Å². The van der Waals surface area contributed by atoms with E-state index in [-0.39, 0.29) is 11.8 Å². The van der Waals surface area contributed by atoms with Gasteiger partial charge in [0.05, 0.1) is 12.8 Å². The number of hydrogen-bond donors (Lipinski definition) is 2. The summed E-state index contributed by atoms with van der Waals surface area (Å²) in [6.07, 6.45) is 5.85. The van der Waals surface area contributed by atoms with Crippen molar-refractivity contribution < 1.29 is 9.21 Å². The Morgan fingerprint density at radius 3 is 2.88 bits per heavy atom. The van der Waals surface area contributed by atoms with Crippen LogP contribution in [0.25, 0.3) is 0 Å². The van der Waals surface area contributed by atoms with Crippen LogP contribution in [0.1, 0.15) is 31.4 Å². The second kappa shape index (κ2) is 5.82. The molecule has 0 aliphatic heterocycles. The summed E-state index contributed by atoms with van der Waals surface area (Å²) in [5, 5.41) is 6.04. The van der Waals surface area contributed by atoms with Gasteiger partial charge in [-0.15, -0.1) is 0 Å². The Labute approximate surface area is 106 Å². The summed E-state index contributed by atoms with van der Waals surface area (Å²) in [4.78, 5) is 11.8. The summed E-state index contributed by atoms with van der Waals surface area (Å²) in [7, 11) is 0. The number of carbonyl (C=O) groups excluding carboxylic acids is 1. The molecule has 0 atom stereocenters. The van der Waals surface area contributed by atoms with Crippen LogP contribution >= 0.6 is 12.2 Å². The molecule has 1 aromatic rings. The lowest BCUT2D eigenvalue weighted by molar-refractivity contribution is -0.123. The van der Waals surface area contributed by atoms with E-state index >= 15 is 0 Å². The monoisotopic (exact) mass is 252 g/mol. The first kappa shape index (κ1) is 12.1. The fraction of sp³-hybridized carbons (Fsp3) is 0.500. The number of amides is 1. The summed E-state index contributed by atoms with van der Waals surface area (Å²) in [5.41, 5.74) is 0. The third kappa shape index (κ3) is 3.56. The fourth-order valence-electron chi connectivity index (χ4n) is 2.03. The standard InChI is InChI=1S/C12H16N2O2S/c15-11(9-4-1-2-5-9)14-12(17)13-8-10-6-3-7-16-10/h3,6-7,9H,1-2,4-5,8H2,(H2,13,14,15,17). The predicted molar refractivity (Wildman–Crippen MR) is 68.2 cm³/mol. The molecule has 0 saturated heterocycles. The van der Waals surface area contributed by atoms with Gasteiger partial charge in [0.2, 0.25) is 5.91 Å². The molecule has 5 heteroatoms. The van der Waals surface area contributed by atoms with E-state index in [1.165, 1.54) is 0 Å². The van der Waals surface area contributed by atoms with Crippen molar-refractivity contribution in [3.05, 3.63) is 24.2 Å². The van der Waals surface area contributed by atoms with Crippen LogP contribution in [0, 0.1) is 5.92 Å². The van der Waals surface area contributed by atoms with Crippen molar-refractivity contribution >= 4 is 23.2 Å². The molecule has 17 heavy (non-hydrogen) atoms. The van der Waals surface area contributed by atoms with Gasteiger partial charge in [-0.05, 0) is 37.2 Å². The lowest BCUT2D eigenvalue weighted by Gasteiger charge is -2.11. The molecule has 1 aliphatic rings. The molecular weight excluding hydrogens is 236 g/mol. The van der Waals surface area contributed by atoms with Crippen molar-refractivity contribution in [3.63, 3.8) is 0 Å². The van der Waals surface area contributed by atoms with Crippen molar-refractivity contribution in [2.24, 2.45) is 5.92 Å². The Balaban J connectivity index is 1.71. The molecular formula is C12H16N2O2S. The lowest BCUT2D eigenvalue weighted by atomic mass is 10.1. The van der Waals surface area contributed by atoms with E-state index in [2.05, 4.69) is 10.6 Å². The molecule has 1 aromatic heterocycles. The molecule has 4 nitrogen and oxygen atoms in total. The fourth-order valence-corrected chi connectivity index (χ4v) is 2.20. The highest BCUT2D eigenvalue weighted by Crippen LogP contribution is 2.24. The molecule has 0 bridgehead atoms. The van der Waals surface area contributed by atoms with E-state index in [1.54, 1.807) is 6.26 Å². The van der Waals surface area contributed by atoms with Gasteiger partial charge >= 0.3 is 0 Å². The third-order valence-electron chi connectivity index (χ3n) is 2.97. The van der Waals surface area contributed by atoms with E-state index in [1.807, 2.05) is 12.1 Å². The third-order valence-corrected chi connectivity index (χ3v) is 3.21. The van der Waals surface area contributed by atoms with Crippen molar-refractivity contribution in [1.29, 1.82) is 0 Å². The SMILES string of the molecule is O=C(NC(=S)NCc1ccco1)C1CCCC1. The average molecular weight is 252 g/mol. The quantitative estimate of drug-likeness (QED) is 0.807. The van der Waals surface area contributed by atoms with Crippen LogP contribution in [-0.2, 0) is 11.3 Å². The van der Waals surface area contributed by atoms with Crippen molar-refractivity contribution in [1.82, 2.24) is 10.6 Å². The molecule has 2 N–H and O–H groups in total. The molecule has 1 heterocycles. The minimum Gasteiger partial charge on any atom is -0.467 e. The molecule has 0 aromatic carbocycles. The van der Waals surface area contributed by atoms with Gasteiger partial charge in [-0.1, -0.05) is 12.8 Å². The molecule has 0 radical (unpaired) electrons. The Morgan fingerprint density at radius 2 is 2.24 bits per heavy atom. The number of carbonyl (C=O) groups is 1. The van der Waals surface area contributed by atoms with Gasteiger partial charge in [0, 0.05) is 5.92 Å². The first-order chi connectivity index (χ1) is 8.25. The van der Waals surface area contributed by atoms with E-state index in [9.17, 15) is 4.79 Å². The zero-order valence-corrected chi connectivity index (χ0v) is 10.4. The highest BCUT2D eigenvalue weighted by atomic mass is 32.1. The summed E-state index contributed by atoms with van der Waals surface area (Å²) in [6, 6.07) is 3.67. The van der Waals surface area contributed by atoms with Crippen LogP contribution in [0.4, 0.5) is 0 Å². The summed E-state index contributed by atoms with van der Waals surface area (Å²) in [5.74, 6) is 0.972. The summed E-state index contributed by atoms with van der Waals surface area (Å²) < 4.78 is 5.15. The second-order valence-corrected chi connectivity index (χ2v) is 4.64. The van der Waals surface area contributed by atoms with Crippen LogP contribution in [0.15, 0.2) is 22.8 Å². The number of nitrogens with one attached hydrogen (secondary N) is 2. The smallest absolute Gasteiger partial charge is 0.229 e. The average Bonchev–Trinajstić information content (AvgIpc) is 2.99. The topological polar surface area (TPSA) is 54.3 Å². The van der Waals surface area contributed by atoms with Gasteiger partial charge in [0.1, 0.15) is 5.76 Å². The molecule has 2 rings (SSSR count). The zero-order chi connectivity index (χ0) is 12.1. The van der Waals surface area contributed by atoms with Gasteiger partial charge in [-0.25, -0.2) is 0 Å². The normalized spacial score (nSPS) is 15.8. The highest BCUT2D eigenvalue weighted by molar-refractivity contribution is 7.80. The highest BCUT2D eigenvalue weighted by Gasteiger charge is 2.22. The van der Waals surface area contributed by atoms with E-state index in [4.69, 9.17) is 16.6 Å². The molecule has 1 aliphatic carbocycles. The number of hydrogen-bond acceptors (Lipinski definition) is 3. The van der Waals surface area contributed by atoms with Crippen LogP contribution in [0.5, 0.6) is 0 Å². The predicted octanol–water partition coefficient (Wildman–Crippen LogP) is 1.96. The minimum atomic E-state index is 0.0412. The number of furan rings is 1.